The van der Waals surface area contributed by atoms with Crippen LogP contribution in [0.1, 0.15) is 31.7 Å². The van der Waals surface area contributed by atoms with Crippen LogP contribution in [-0.2, 0) is 5.75 Å². The van der Waals surface area contributed by atoms with Gasteiger partial charge >= 0.3 is 0 Å². The van der Waals surface area contributed by atoms with E-state index in [0.29, 0.717) is 0 Å². The summed E-state index contributed by atoms with van der Waals surface area (Å²) in [6.07, 6.45) is 3.10. The van der Waals surface area contributed by atoms with Gasteiger partial charge in [-0.15, -0.1) is 0 Å². The van der Waals surface area contributed by atoms with Crippen molar-refractivity contribution >= 4 is 23.4 Å². The second-order valence-corrected chi connectivity index (χ2v) is 6.37. The highest BCUT2D eigenvalue weighted by Gasteiger charge is 2.23. The Morgan fingerprint density at radius 3 is 2.53 bits per heavy atom. The highest BCUT2D eigenvalue weighted by Crippen LogP contribution is 2.20. The van der Waals surface area contributed by atoms with Crippen LogP contribution in [0.5, 0.6) is 0 Å². The summed E-state index contributed by atoms with van der Waals surface area (Å²) in [7, 11) is 1.93. The van der Waals surface area contributed by atoms with E-state index in [-0.39, 0.29) is 12.1 Å². The smallest absolute Gasteiger partial charge is 0.0613 e. The van der Waals surface area contributed by atoms with Crippen LogP contribution in [0.4, 0.5) is 0 Å². The van der Waals surface area contributed by atoms with Gasteiger partial charge in [0.05, 0.1) is 6.61 Å². The molecule has 0 bridgehead atoms. The summed E-state index contributed by atoms with van der Waals surface area (Å²) >= 11 is 7.79. The molecular formula is C15H24ClNOS. The summed E-state index contributed by atoms with van der Waals surface area (Å²) < 4.78 is 0. The number of likely N-dealkylation sites (N-methyl/N-ethyl adjacent to an activating group) is 1. The molecule has 0 aliphatic heterocycles. The first kappa shape index (κ1) is 16.8. The van der Waals surface area contributed by atoms with Gasteiger partial charge in [0, 0.05) is 16.3 Å². The van der Waals surface area contributed by atoms with Crippen LogP contribution in [0.15, 0.2) is 24.3 Å². The van der Waals surface area contributed by atoms with Crippen molar-refractivity contribution in [3.8, 4) is 0 Å². The van der Waals surface area contributed by atoms with Crippen LogP contribution in [-0.4, -0.2) is 30.1 Å². The fraction of sp³-hybridized carbons (Fsp3) is 0.600. The maximum absolute atomic E-state index is 9.46. The fourth-order valence-corrected chi connectivity index (χ4v) is 3.08. The van der Waals surface area contributed by atoms with E-state index in [1.807, 2.05) is 30.9 Å². The molecule has 4 heteroatoms. The summed E-state index contributed by atoms with van der Waals surface area (Å²) in [6.45, 7) is 2.33. The molecule has 0 amide bonds. The third kappa shape index (κ3) is 5.74. The van der Waals surface area contributed by atoms with Crippen molar-refractivity contribution in [3.63, 3.8) is 0 Å². The number of aliphatic hydroxyl groups is 1. The number of halogens is 1. The maximum Gasteiger partial charge on any atom is 0.0613 e. The van der Waals surface area contributed by atoms with Crippen LogP contribution in [0, 0.1) is 0 Å². The molecule has 108 valence electrons. The monoisotopic (exact) mass is 301 g/mol. The molecule has 1 aromatic carbocycles. The van der Waals surface area contributed by atoms with Crippen LogP contribution in [0.2, 0.25) is 5.02 Å². The van der Waals surface area contributed by atoms with E-state index in [9.17, 15) is 5.11 Å². The fourth-order valence-electron chi connectivity index (χ4n) is 2.03. The molecule has 0 aliphatic rings. The lowest BCUT2D eigenvalue weighted by molar-refractivity contribution is 0.154. The molecule has 1 aromatic rings. The summed E-state index contributed by atoms with van der Waals surface area (Å²) in [5, 5.41) is 13.5. The van der Waals surface area contributed by atoms with Crippen molar-refractivity contribution in [1.82, 2.24) is 5.32 Å². The first-order valence-electron chi connectivity index (χ1n) is 6.78. The minimum atomic E-state index is -0.0964. The highest BCUT2D eigenvalue weighted by atomic mass is 35.5. The lowest BCUT2D eigenvalue weighted by Crippen LogP contribution is -2.45. The van der Waals surface area contributed by atoms with E-state index in [4.69, 9.17) is 11.6 Å². The average Bonchev–Trinajstić information content (AvgIpc) is 2.45. The largest absolute Gasteiger partial charge is 0.394 e. The highest BCUT2D eigenvalue weighted by molar-refractivity contribution is 7.98. The van der Waals surface area contributed by atoms with Crippen LogP contribution in [0.3, 0.4) is 0 Å². The summed E-state index contributed by atoms with van der Waals surface area (Å²) in [4.78, 5) is 0. The molecule has 1 rings (SSSR count). The third-order valence-electron chi connectivity index (χ3n) is 3.64. The molecule has 0 heterocycles. The van der Waals surface area contributed by atoms with Gasteiger partial charge in [-0.1, -0.05) is 30.7 Å². The Morgan fingerprint density at radius 1 is 1.32 bits per heavy atom. The molecule has 0 fully saturated rings. The Kier molecular flexibility index (Phi) is 7.84. The lowest BCUT2D eigenvalue weighted by atomic mass is 9.92. The summed E-state index contributed by atoms with van der Waals surface area (Å²) in [6, 6.07) is 8.03. The van der Waals surface area contributed by atoms with Crippen molar-refractivity contribution < 1.29 is 5.11 Å². The number of aliphatic hydroxyl groups excluding tert-OH is 1. The van der Waals surface area contributed by atoms with Gasteiger partial charge in [0.15, 0.2) is 0 Å². The van der Waals surface area contributed by atoms with E-state index in [1.165, 1.54) is 5.56 Å². The van der Waals surface area contributed by atoms with Gasteiger partial charge in [-0.25, -0.2) is 0 Å². The predicted molar refractivity (Wildman–Crippen MR) is 86.0 cm³/mol. The Morgan fingerprint density at radius 2 is 2.00 bits per heavy atom. The zero-order valence-electron chi connectivity index (χ0n) is 11.8. The molecule has 0 saturated heterocycles. The Hall–Kier alpha value is -0.220. The molecule has 1 atom stereocenters. The molecule has 19 heavy (non-hydrogen) atoms. The van der Waals surface area contributed by atoms with Crippen LogP contribution < -0.4 is 5.32 Å². The molecule has 2 N–H and O–H groups in total. The Bertz CT molecular complexity index is 343. The van der Waals surface area contributed by atoms with Crippen molar-refractivity contribution in [2.45, 2.75) is 37.5 Å². The van der Waals surface area contributed by atoms with Crippen molar-refractivity contribution in [3.05, 3.63) is 34.9 Å². The summed E-state index contributed by atoms with van der Waals surface area (Å²) in [5.41, 5.74) is 1.22. The third-order valence-corrected chi connectivity index (χ3v) is 5.00. The molecule has 0 spiro atoms. The number of nitrogens with one attached hydrogen (secondary N) is 1. The number of thioether (sulfide) groups is 1. The zero-order valence-corrected chi connectivity index (χ0v) is 13.4. The normalized spacial score (nSPS) is 14.3. The zero-order chi connectivity index (χ0) is 14.1. The number of hydrogen-bond donors (Lipinski definition) is 2. The van der Waals surface area contributed by atoms with Crippen molar-refractivity contribution in [2.75, 3.05) is 19.4 Å². The van der Waals surface area contributed by atoms with Crippen LogP contribution >= 0.6 is 23.4 Å². The second kappa shape index (κ2) is 8.85. The van der Waals surface area contributed by atoms with E-state index in [0.717, 1.165) is 35.8 Å². The second-order valence-electron chi connectivity index (χ2n) is 4.82. The van der Waals surface area contributed by atoms with E-state index in [1.54, 1.807) is 0 Å². The topological polar surface area (TPSA) is 32.3 Å². The van der Waals surface area contributed by atoms with Gasteiger partial charge in [-0.3, -0.25) is 0 Å². The van der Waals surface area contributed by atoms with Crippen LogP contribution in [0.25, 0.3) is 0 Å². The maximum atomic E-state index is 9.46. The predicted octanol–water partition coefficient (Wildman–Crippen LogP) is 3.71. The standard InChI is InChI=1S/C15H24ClNOS/c1-3-15(12-18,17-2)9-4-10-19-11-13-5-7-14(16)8-6-13/h5-8,17-18H,3-4,9-12H2,1-2H3. The van der Waals surface area contributed by atoms with Gasteiger partial charge in [-0.2, -0.15) is 11.8 Å². The Labute approximate surface area is 125 Å². The molecule has 0 aliphatic carbocycles. The van der Waals surface area contributed by atoms with E-state index >= 15 is 0 Å². The molecule has 2 nitrogen and oxygen atoms in total. The number of benzene rings is 1. The molecule has 0 aromatic heterocycles. The lowest BCUT2D eigenvalue weighted by Gasteiger charge is -2.30. The first-order chi connectivity index (χ1) is 9.15. The number of rotatable bonds is 9. The average molecular weight is 302 g/mol. The molecule has 1 unspecified atom stereocenters. The van der Waals surface area contributed by atoms with Crippen molar-refractivity contribution in [1.29, 1.82) is 0 Å². The van der Waals surface area contributed by atoms with Crippen molar-refractivity contribution in [2.24, 2.45) is 0 Å². The summed E-state index contributed by atoms with van der Waals surface area (Å²) in [5.74, 6) is 2.14. The molecule has 0 radical (unpaired) electrons. The Balaban J connectivity index is 2.22. The molecular weight excluding hydrogens is 278 g/mol. The minimum absolute atomic E-state index is 0.0964. The van der Waals surface area contributed by atoms with Gasteiger partial charge < -0.3 is 10.4 Å². The SMILES string of the molecule is CCC(CO)(CCCSCc1ccc(Cl)cc1)NC. The van der Waals surface area contributed by atoms with E-state index in [2.05, 4.69) is 24.4 Å². The van der Waals surface area contributed by atoms with Gasteiger partial charge in [-0.05, 0) is 49.8 Å². The number of hydrogen-bond acceptors (Lipinski definition) is 3. The first-order valence-corrected chi connectivity index (χ1v) is 8.31. The quantitative estimate of drug-likeness (QED) is 0.682. The van der Waals surface area contributed by atoms with E-state index < -0.39 is 0 Å². The minimum Gasteiger partial charge on any atom is -0.394 e. The van der Waals surface area contributed by atoms with Gasteiger partial charge in [0.25, 0.3) is 0 Å². The molecule has 0 saturated carbocycles. The van der Waals surface area contributed by atoms with Gasteiger partial charge in [0.2, 0.25) is 0 Å². The van der Waals surface area contributed by atoms with Gasteiger partial charge in [0.1, 0.15) is 0 Å².